The molecule has 0 aliphatic heterocycles. The lowest BCUT2D eigenvalue weighted by atomic mass is 10.1. The molecule has 0 saturated carbocycles. The average molecular weight is 299 g/mol. The normalized spacial score (nSPS) is 10.8. The summed E-state index contributed by atoms with van der Waals surface area (Å²) in [6, 6.07) is 14.2. The molecule has 0 aliphatic carbocycles. The summed E-state index contributed by atoms with van der Waals surface area (Å²) in [6.45, 7) is 2.06. The number of rotatable bonds is 1. The minimum atomic E-state index is 0.896. The van der Waals surface area contributed by atoms with E-state index < -0.39 is 0 Å². The van der Waals surface area contributed by atoms with Crippen molar-refractivity contribution < 1.29 is 0 Å². The Morgan fingerprint density at radius 2 is 1.89 bits per heavy atom. The number of halogens is 1. The Morgan fingerprint density at radius 3 is 2.72 bits per heavy atom. The highest BCUT2D eigenvalue weighted by Gasteiger charge is 2.03. The topological polar surface area (TPSA) is 25.8 Å². The quantitative estimate of drug-likeness (QED) is 0.667. The van der Waals surface area contributed by atoms with Gasteiger partial charge in [-0.1, -0.05) is 34.1 Å². The van der Waals surface area contributed by atoms with Gasteiger partial charge in [0.25, 0.3) is 0 Å². The molecule has 3 rings (SSSR count). The largest absolute Gasteiger partial charge is 0.252 e. The molecule has 0 amide bonds. The number of hydrogen-bond acceptors (Lipinski definition) is 2. The van der Waals surface area contributed by atoms with Crippen molar-refractivity contribution >= 4 is 27.0 Å². The van der Waals surface area contributed by atoms with Crippen LogP contribution in [0.4, 0.5) is 0 Å². The van der Waals surface area contributed by atoms with Crippen LogP contribution in [0.1, 0.15) is 5.56 Å². The van der Waals surface area contributed by atoms with E-state index in [9.17, 15) is 0 Å². The van der Waals surface area contributed by atoms with E-state index in [1.807, 2.05) is 42.6 Å². The van der Waals surface area contributed by atoms with Crippen molar-refractivity contribution in [1.82, 2.24) is 9.97 Å². The van der Waals surface area contributed by atoms with Crippen LogP contribution in [0.25, 0.3) is 22.3 Å². The van der Waals surface area contributed by atoms with Gasteiger partial charge in [0.2, 0.25) is 0 Å². The van der Waals surface area contributed by atoms with Gasteiger partial charge in [-0.3, -0.25) is 4.98 Å². The van der Waals surface area contributed by atoms with E-state index in [2.05, 4.69) is 38.9 Å². The molecule has 0 aliphatic rings. The van der Waals surface area contributed by atoms with Crippen molar-refractivity contribution in [3.8, 4) is 11.3 Å². The monoisotopic (exact) mass is 298 g/mol. The summed E-state index contributed by atoms with van der Waals surface area (Å²) in [5.74, 6) is 0. The average Bonchev–Trinajstić information content (AvgIpc) is 2.38. The molecule has 0 fully saturated rings. The van der Waals surface area contributed by atoms with Gasteiger partial charge in [-0.2, -0.15) is 0 Å². The molecule has 18 heavy (non-hydrogen) atoms. The first-order chi connectivity index (χ1) is 8.72. The Hall–Kier alpha value is -1.74. The van der Waals surface area contributed by atoms with E-state index in [1.165, 1.54) is 5.56 Å². The van der Waals surface area contributed by atoms with Crippen LogP contribution in [0.5, 0.6) is 0 Å². The van der Waals surface area contributed by atoms with E-state index in [4.69, 9.17) is 0 Å². The van der Waals surface area contributed by atoms with E-state index in [1.54, 1.807) is 0 Å². The van der Waals surface area contributed by atoms with Crippen LogP contribution in [-0.2, 0) is 0 Å². The molecule has 1 aromatic heterocycles. The van der Waals surface area contributed by atoms with E-state index in [0.717, 1.165) is 26.8 Å². The van der Waals surface area contributed by atoms with Crippen LogP contribution >= 0.6 is 15.9 Å². The van der Waals surface area contributed by atoms with Crippen LogP contribution in [0.15, 0.2) is 53.1 Å². The van der Waals surface area contributed by atoms with Crippen molar-refractivity contribution in [3.63, 3.8) is 0 Å². The lowest BCUT2D eigenvalue weighted by molar-refractivity contribution is 1.28. The summed E-state index contributed by atoms with van der Waals surface area (Å²) in [6.07, 6.45) is 1.82. The third-order valence-electron chi connectivity index (χ3n) is 2.82. The molecule has 0 saturated heterocycles. The SMILES string of the molecule is Cc1ccc2nc(-c3cccc(Br)c3)cnc2c1. The highest BCUT2D eigenvalue weighted by Crippen LogP contribution is 2.22. The van der Waals surface area contributed by atoms with E-state index in [-0.39, 0.29) is 0 Å². The van der Waals surface area contributed by atoms with Crippen molar-refractivity contribution in [3.05, 3.63) is 58.7 Å². The minimum Gasteiger partial charge on any atom is -0.252 e. The van der Waals surface area contributed by atoms with Gasteiger partial charge in [0.05, 0.1) is 22.9 Å². The molecule has 0 unspecified atom stereocenters. The lowest BCUT2D eigenvalue weighted by Gasteiger charge is -2.03. The zero-order valence-electron chi connectivity index (χ0n) is 9.89. The maximum Gasteiger partial charge on any atom is 0.0894 e. The molecule has 3 heteroatoms. The van der Waals surface area contributed by atoms with Gasteiger partial charge in [0.1, 0.15) is 0 Å². The van der Waals surface area contributed by atoms with Crippen molar-refractivity contribution in [2.24, 2.45) is 0 Å². The second kappa shape index (κ2) is 4.50. The molecule has 0 N–H and O–H groups in total. The van der Waals surface area contributed by atoms with Crippen LogP contribution in [0.2, 0.25) is 0 Å². The zero-order valence-corrected chi connectivity index (χ0v) is 11.5. The summed E-state index contributed by atoms with van der Waals surface area (Å²) in [7, 11) is 0. The van der Waals surface area contributed by atoms with Crippen LogP contribution < -0.4 is 0 Å². The van der Waals surface area contributed by atoms with Gasteiger partial charge in [0, 0.05) is 10.0 Å². The molecule has 0 radical (unpaired) electrons. The number of benzene rings is 2. The molecule has 2 aromatic carbocycles. The summed E-state index contributed by atoms with van der Waals surface area (Å²) in [5.41, 5.74) is 5.03. The van der Waals surface area contributed by atoms with E-state index >= 15 is 0 Å². The maximum atomic E-state index is 4.64. The lowest BCUT2D eigenvalue weighted by Crippen LogP contribution is -1.89. The molecule has 2 nitrogen and oxygen atoms in total. The standard InChI is InChI=1S/C15H11BrN2/c1-10-5-6-13-14(7-10)17-9-15(18-13)11-3-2-4-12(16)8-11/h2-9H,1H3. The highest BCUT2D eigenvalue weighted by molar-refractivity contribution is 9.10. The number of hydrogen-bond donors (Lipinski definition) is 0. The number of fused-ring (bicyclic) bond motifs is 1. The zero-order chi connectivity index (χ0) is 12.5. The molecular weight excluding hydrogens is 288 g/mol. The predicted octanol–water partition coefficient (Wildman–Crippen LogP) is 4.37. The second-order valence-corrected chi connectivity index (χ2v) is 5.17. The molecule has 1 heterocycles. The number of aromatic nitrogens is 2. The van der Waals surface area contributed by atoms with Crippen LogP contribution in [0.3, 0.4) is 0 Å². The Morgan fingerprint density at radius 1 is 1.00 bits per heavy atom. The number of aryl methyl sites for hydroxylation is 1. The fourth-order valence-electron chi connectivity index (χ4n) is 1.91. The molecule has 3 aromatic rings. The fraction of sp³-hybridized carbons (Fsp3) is 0.0667. The first kappa shape index (κ1) is 11.4. The summed E-state index contributed by atoms with van der Waals surface area (Å²) in [5, 5.41) is 0. The van der Waals surface area contributed by atoms with Gasteiger partial charge in [-0.05, 0) is 36.8 Å². The van der Waals surface area contributed by atoms with Gasteiger partial charge in [-0.25, -0.2) is 4.98 Å². The molecular formula is C15H11BrN2. The van der Waals surface area contributed by atoms with Gasteiger partial charge < -0.3 is 0 Å². The Labute approximate surface area is 114 Å². The maximum absolute atomic E-state index is 4.64. The van der Waals surface area contributed by atoms with Crippen molar-refractivity contribution in [2.45, 2.75) is 6.92 Å². The van der Waals surface area contributed by atoms with Gasteiger partial charge in [0.15, 0.2) is 0 Å². The first-order valence-corrected chi connectivity index (χ1v) is 6.51. The Balaban J connectivity index is 2.16. The minimum absolute atomic E-state index is 0.896. The molecule has 0 spiro atoms. The van der Waals surface area contributed by atoms with E-state index in [0.29, 0.717) is 0 Å². The van der Waals surface area contributed by atoms with Crippen LogP contribution in [0, 0.1) is 6.92 Å². The summed E-state index contributed by atoms with van der Waals surface area (Å²) >= 11 is 3.47. The predicted molar refractivity (Wildman–Crippen MR) is 77.4 cm³/mol. The summed E-state index contributed by atoms with van der Waals surface area (Å²) < 4.78 is 1.05. The van der Waals surface area contributed by atoms with Gasteiger partial charge in [-0.15, -0.1) is 0 Å². The number of nitrogens with zero attached hydrogens (tertiary/aromatic N) is 2. The molecule has 88 valence electrons. The smallest absolute Gasteiger partial charge is 0.0894 e. The Bertz CT molecular complexity index is 723. The highest BCUT2D eigenvalue weighted by atomic mass is 79.9. The summed E-state index contributed by atoms with van der Waals surface area (Å²) in [4.78, 5) is 9.11. The molecule has 0 bridgehead atoms. The fourth-order valence-corrected chi connectivity index (χ4v) is 2.31. The first-order valence-electron chi connectivity index (χ1n) is 5.72. The Kier molecular flexibility index (Phi) is 2.84. The van der Waals surface area contributed by atoms with Crippen molar-refractivity contribution in [2.75, 3.05) is 0 Å². The molecule has 0 atom stereocenters. The third-order valence-corrected chi connectivity index (χ3v) is 3.31. The second-order valence-electron chi connectivity index (χ2n) is 4.26. The third kappa shape index (κ3) is 2.14. The van der Waals surface area contributed by atoms with Crippen molar-refractivity contribution in [1.29, 1.82) is 0 Å². The van der Waals surface area contributed by atoms with Crippen LogP contribution in [-0.4, -0.2) is 9.97 Å². The van der Waals surface area contributed by atoms with Gasteiger partial charge >= 0.3 is 0 Å².